The van der Waals surface area contributed by atoms with Crippen LogP contribution in [0.2, 0.25) is 0 Å². The number of nitrogens with zero attached hydrogens (tertiary/aromatic N) is 3. The number of nitrogens with two attached hydrogens (primary N) is 1. The maximum absolute atomic E-state index is 9.63. The third-order valence-electron chi connectivity index (χ3n) is 3.87. The summed E-state index contributed by atoms with van der Waals surface area (Å²) >= 11 is 0. The molecule has 5 heteroatoms. The molecular formula is C16H20N4O. The van der Waals surface area contributed by atoms with Crippen LogP contribution in [0.4, 0.5) is 11.8 Å². The van der Waals surface area contributed by atoms with Gasteiger partial charge in [-0.25, -0.2) is 4.98 Å². The van der Waals surface area contributed by atoms with E-state index in [4.69, 9.17) is 5.73 Å². The first-order valence-corrected chi connectivity index (χ1v) is 7.39. The minimum absolute atomic E-state index is 0.275. The molecule has 2 heterocycles. The van der Waals surface area contributed by atoms with Gasteiger partial charge in [-0.2, -0.15) is 4.98 Å². The second-order valence-corrected chi connectivity index (χ2v) is 5.37. The van der Waals surface area contributed by atoms with Gasteiger partial charge >= 0.3 is 0 Å². The highest BCUT2D eigenvalue weighted by molar-refractivity contribution is 5.68. The zero-order valence-corrected chi connectivity index (χ0v) is 12.2. The fraction of sp³-hybridized carbons (Fsp3) is 0.375. The number of phenolic OH excluding ortho intramolecular Hbond substituents is 1. The molecule has 0 atom stereocenters. The maximum Gasteiger partial charge on any atom is 0.227 e. The summed E-state index contributed by atoms with van der Waals surface area (Å²) in [5.74, 6) is 1.46. The van der Waals surface area contributed by atoms with Gasteiger partial charge in [-0.15, -0.1) is 0 Å². The third kappa shape index (κ3) is 2.77. The van der Waals surface area contributed by atoms with E-state index >= 15 is 0 Å². The molecule has 0 spiro atoms. The molecule has 3 rings (SSSR count). The Bertz CT molecular complexity index is 651. The highest BCUT2D eigenvalue weighted by Crippen LogP contribution is 2.29. The average molecular weight is 284 g/mol. The molecule has 21 heavy (non-hydrogen) atoms. The topological polar surface area (TPSA) is 75.3 Å². The number of nitrogen functional groups attached to an aromatic ring is 1. The Hall–Kier alpha value is -2.30. The molecule has 0 radical (unpaired) electrons. The number of aromatic hydroxyl groups is 1. The number of benzene rings is 1. The van der Waals surface area contributed by atoms with Gasteiger partial charge in [0, 0.05) is 24.7 Å². The van der Waals surface area contributed by atoms with Gasteiger partial charge in [0.2, 0.25) is 5.95 Å². The largest absolute Gasteiger partial charge is 0.508 e. The van der Waals surface area contributed by atoms with Crippen LogP contribution in [0.5, 0.6) is 5.75 Å². The standard InChI is InChI=1S/C16H20N4O/c1-2-11-9-12(21)5-6-13(11)14-10-15(17)19-16(18-14)20-7-3-4-8-20/h5-6,9-10,21H,2-4,7-8H2,1H3,(H2,17,18,19). The fourth-order valence-electron chi connectivity index (χ4n) is 2.77. The fourth-order valence-corrected chi connectivity index (χ4v) is 2.77. The first kappa shape index (κ1) is 13.7. The number of anilines is 2. The van der Waals surface area contributed by atoms with Crippen LogP contribution >= 0.6 is 0 Å². The molecule has 1 aliphatic rings. The maximum atomic E-state index is 9.63. The zero-order chi connectivity index (χ0) is 14.8. The first-order valence-electron chi connectivity index (χ1n) is 7.39. The second kappa shape index (κ2) is 5.60. The molecule has 0 unspecified atom stereocenters. The third-order valence-corrected chi connectivity index (χ3v) is 3.87. The smallest absolute Gasteiger partial charge is 0.227 e. The van der Waals surface area contributed by atoms with Crippen LogP contribution in [0.15, 0.2) is 24.3 Å². The average Bonchev–Trinajstić information content (AvgIpc) is 3.00. The van der Waals surface area contributed by atoms with E-state index in [2.05, 4.69) is 21.8 Å². The van der Waals surface area contributed by atoms with Crippen LogP contribution in [-0.2, 0) is 6.42 Å². The molecular weight excluding hydrogens is 264 g/mol. The molecule has 3 N–H and O–H groups in total. The highest BCUT2D eigenvalue weighted by atomic mass is 16.3. The number of aryl methyl sites for hydroxylation is 1. The number of aromatic nitrogens is 2. The molecule has 1 aliphatic heterocycles. The molecule has 1 fully saturated rings. The van der Waals surface area contributed by atoms with Gasteiger partial charge < -0.3 is 15.7 Å². The van der Waals surface area contributed by atoms with Crippen molar-refractivity contribution in [1.82, 2.24) is 9.97 Å². The first-order chi connectivity index (χ1) is 10.2. The molecule has 1 aromatic carbocycles. The molecule has 0 bridgehead atoms. The quantitative estimate of drug-likeness (QED) is 0.906. The Balaban J connectivity index is 2.05. The van der Waals surface area contributed by atoms with Gasteiger partial charge in [0.15, 0.2) is 0 Å². The molecule has 1 aromatic heterocycles. The monoisotopic (exact) mass is 284 g/mol. The van der Waals surface area contributed by atoms with Gasteiger partial charge in [0.05, 0.1) is 5.69 Å². The van der Waals surface area contributed by atoms with Crippen molar-refractivity contribution in [3.8, 4) is 17.0 Å². The number of hydrogen-bond donors (Lipinski definition) is 2. The molecule has 5 nitrogen and oxygen atoms in total. The van der Waals surface area contributed by atoms with Crippen LogP contribution in [0.3, 0.4) is 0 Å². The molecule has 1 saturated heterocycles. The lowest BCUT2D eigenvalue weighted by molar-refractivity contribution is 0.474. The van der Waals surface area contributed by atoms with Gasteiger partial charge in [-0.3, -0.25) is 0 Å². The molecule has 0 saturated carbocycles. The Kier molecular flexibility index (Phi) is 3.64. The van der Waals surface area contributed by atoms with Crippen LogP contribution in [0.25, 0.3) is 11.3 Å². The summed E-state index contributed by atoms with van der Waals surface area (Å²) in [6, 6.07) is 7.15. The van der Waals surface area contributed by atoms with Gasteiger partial charge in [-0.1, -0.05) is 6.92 Å². The highest BCUT2D eigenvalue weighted by Gasteiger charge is 2.17. The summed E-state index contributed by atoms with van der Waals surface area (Å²) in [5, 5.41) is 9.63. The van der Waals surface area contributed by atoms with Crippen molar-refractivity contribution in [2.24, 2.45) is 0 Å². The van der Waals surface area contributed by atoms with Crippen molar-refractivity contribution < 1.29 is 5.11 Å². The Morgan fingerprint density at radius 3 is 2.67 bits per heavy atom. The van der Waals surface area contributed by atoms with Crippen LogP contribution < -0.4 is 10.6 Å². The van der Waals surface area contributed by atoms with Crippen LogP contribution in [0, 0.1) is 0 Å². The van der Waals surface area contributed by atoms with Crippen LogP contribution in [-0.4, -0.2) is 28.2 Å². The Labute approximate surface area is 124 Å². The van der Waals surface area contributed by atoms with E-state index in [1.807, 2.05) is 6.07 Å². The Morgan fingerprint density at radius 2 is 1.95 bits per heavy atom. The Morgan fingerprint density at radius 1 is 1.19 bits per heavy atom. The predicted molar refractivity (Wildman–Crippen MR) is 84.4 cm³/mol. The molecule has 110 valence electrons. The van der Waals surface area contributed by atoms with E-state index in [1.165, 1.54) is 12.8 Å². The van der Waals surface area contributed by atoms with Crippen molar-refractivity contribution in [3.05, 3.63) is 29.8 Å². The van der Waals surface area contributed by atoms with Crippen molar-refractivity contribution in [2.75, 3.05) is 23.7 Å². The van der Waals surface area contributed by atoms with Crippen LogP contribution in [0.1, 0.15) is 25.3 Å². The van der Waals surface area contributed by atoms with E-state index in [0.717, 1.165) is 36.3 Å². The predicted octanol–water partition coefficient (Wildman–Crippen LogP) is 2.59. The summed E-state index contributed by atoms with van der Waals surface area (Å²) in [6.45, 7) is 4.03. The molecule has 0 amide bonds. The minimum Gasteiger partial charge on any atom is -0.508 e. The van der Waals surface area contributed by atoms with E-state index < -0.39 is 0 Å². The lowest BCUT2D eigenvalue weighted by atomic mass is 10.0. The normalized spacial score (nSPS) is 14.6. The lowest BCUT2D eigenvalue weighted by Crippen LogP contribution is -2.21. The van der Waals surface area contributed by atoms with Crippen molar-refractivity contribution in [3.63, 3.8) is 0 Å². The number of hydrogen-bond acceptors (Lipinski definition) is 5. The minimum atomic E-state index is 0.275. The molecule has 2 aromatic rings. The van der Waals surface area contributed by atoms with Gasteiger partial charge in [0.1, 0.15) is 11.6 Å². The van der Waals surface area contributed by atoms with E-state index in [1.54, 1.807) is 18.2 Å². The van der Waals surface area contributed by atoms with E-state index in [0.29, 0.717) is 11.8 Å². The van der Waals surface area contributed by atoms with Crippen molar-refractivity contribution in [1.29, 1.82) is 0 Å². The number of rotatable bonds is 3. The zero-order valence-electron chi connectivity index (χ0n) is 12.2. The summed E-state index contributed by atoms with van der Waals surface area (Å²) < 4.78 is 0. The summed E-state index contributed by atoms with van der Waals surface area (Å²) in [6.07, 6.45) is 3.17. The van der Waals surface area contributed by atoms with E-state index in [-0.39, 0.29) is 5.75 Å². The van der Waals surface area contributed by atoms with Gasteiger partial charge in [0.25, 0.3) is 0 Å². The second-order valence-electron chi connectivity index (χ2n) is 5.37. The van der Waals surface area contributed by atoms with Crippen molar-refractivity contribution in [2.45, 2.75) is 26.2 Å². The van der Waals surface area contributed by atoms with E-state index in [9.17, 15) is 5.11 Å². The summed E-state index contributed by atoms with van der Waals surface area (Å²) in [5.41, 5.74) is 8.84. The SMILES string of the molecule is CCc1cc(O)ccc1-c1cc(N)nc(N2CCCC2)n1. The van der Waals surface area contributed by atoms with Gasteiger partial charge in [-0.05, 0) is 43.0 Å². The lowest BCUT2D eigenvalue weighted by Gasteiger charge is -2.17. The summed E-state index contributed by atoms with van der Waals surface area (Å²) in [7, 11) is 0. The molecule has 0 aliphatic carbocycles. The van der Waals surface area contributed by atoms with Crippen molar-refractivity contribution >= 4 is 11.8 Å². The number of phenols is 1. The summed E-state index contributed by atoms with van der Waals surface area (Å²) in [4.78, 5) is 11.2.